The lowest BCUT2D eigenvalue weighted by atomic mass is 10.3. The molecule has 0 aliphatic carbocycles. The number of carbonyl (C=O) groups is 2. The second-order valence-corrected chi connectivity index (χ2v) is 7.36. The third-order valence-corrected chi connectivity index (χ3v) is 4.66. The molecule has 178 valence electrons. The Kier molecular flexibility index (Phi) is 10.8. The molecule has 1 aliphatic rings. The van der Waals surface area contributed by atoms with Crippen LogP contribution in [0.15, 0.2) is 72.0 Å². The molecule has 1 aliphatic heterocycles. The highest BCUT2D eigenvalue weighted by molar-refractivity contribution is 6.37. The summed E-state index contributed by atoms with van der Waals surface area (Å²) in [6, 6.07) is 14.8. The summed E-state index contributed by atoms with van der Waals surface area (Å²) in [6.45, 7) is 3.56. The van der Waals surface area contributed by atoms with Crippen molar-refractivity contribution in [2.75, 3.05) is 13.1 Å². The van der Waals surface area contributed by atoms with E-state index in [4.69, 9.17) is 38.2 Å². The topological polar surface area (TPSA) is 134 Å². The van der Waals surface area contributed by atoms with Crippen molar-refractivity contribution in [3.05, 3.63) is 88.4 Å². The summed E-state index contributed by atoms with van der Waals surface area (Å²) in [4.78, 5) is 31.7. The van der Waals surface area contributed by atoms with Gasteiger partial charge in [-0.2, -0.15) is 0 Å². The molecule has 0 bridgehead atoms. The van der Waals surface area contributed by atoms with Crippen molar-refractivity contribution >= 4 is 41.0 Å². The molecule has 0 fully saturated rings. The number of carboxylic acid groups (broad SMARTS) is 2. The van der Waals surface area contributed by atoms with Gasteiger partial charge in [0.25, 0.3) is 0 Å². The zero-order valence-corrected chi connectivity index (χ0v) is 19.6. The van der Waals surface area contributed by atoms with Gasteiger partial charge in [-0.3, -0.25) is 4.99 Å². The Morgan fingerprint density at radius 1 is 0.912 bits per heavy atom. The van der Waals surface area contributed by atoms with E-state index in [0.717, 1.165) is 18.9 Å². The summed E-state index contributed by atoms with van der Waals surface area (Å²) in [7, 11) is 0. The lowest BCUT2D eigenvalue weighted by molar-refractivity contribution is 0.0680. The molecule has 0 radical (unpaired) electrons. The minimum Gasteiger partial charge on any atom is -0.480 e. The first kappa shape index (κ1) is 26.6. The van der Waals surface area contributed by atoms with Crippen LogP contribution in [-0.2, 0) is 0 Å². The number of aliphatic imine (C=N–C) groups is 1. The van der Waals surface area contributed by atoms with Crippen LogP contribution in [0.2, 0.25) is 10.0 Å². The number of halogens is 2. The lowest BCUT2D eigenvalue weighted by Gasteiger charge is -2.16. The molecular formula is C23H22Cl2N4O5. The molecule has 11 heteroatoms. The van der Waals surface area contributed by atoms with Crippen molar-refractivity contribution in [2.24, 2.45) is 4.99 Å². The summed E-state index contributed by atoms with van der Waals surface area (Å²) < 4.78 is 5.70. The van der Waals surface area contributed by atoms with E-state index < -0.39 is 11.9 Å². The Morgan fingerprint density at radius 3 is 1.79 bits per heavy atom. The third-order valence-electron chi connectivity index (χ3n) is 4.07. The molecule has 0 amide bonds. The number of pyridine rings is 2. The maximum atomic E-state index is 10.1. The standard InChI is InChI=1S/C11H12Cl2N2O.2C6H5NO2/c1-7(11-14-5-6-15-11)16-10-8(12)3-2-4-9(10)13;2*8-6(9)5-3-1-2-4-7-5/h2-4,7H,5-6H2,1H3,(H,14,15);2*1-4H,(H,8,9). The molecule has 1 atom stereocenters. The van der Waals surface area contributed by atoms with Crippen LogP contribution in [0.3, 0.4) is 0 Å². The van der Waals surface area contributed by atoms with Crippen LogP contribution in [-0.4, -0.2) is 57.1 Å². The fraction of sp³-hybridized carbons (Fsp3) is 0.174. The van der Waals surface area contributed by atoms with E-state index in [9.17, 15) is 9.59 Å². The lowest BCUT2D eigenvalue weighted by Crippen LogP contribution is -2.33. The predicted molar refractivity (Wildman–Crippen MR) is 129 cm³/mol. The monoisotopic (exact) mass is 504 g/mol. The Balaban J connectivity index is 0.000000194. The number of hydrogen-bond donors (Lipinski definition) is 3. The van der Waals surface area contributed by atoms with Gasteiger partial charge >= 0.3 is 11.9 Å². The molecular weight excluding hydrogens is 483 g/mol. The quantitative estimate of drug-likeness (QED) is 0.467. The maximum Gasteiger partial charge on any atom is 0.354 e. The van der Waals surface area contributed by atoms with Gasteiger partial charge in [0.05, 0.1) is 16.6 Å². The normalized spacial score (nSPS) is 12.5. The van der Waals surface area contributed by atoms with Crippen LogP contribution in [0.4, 0.5) is 0 Å². The molecule has 3 aromatic rings. The molecule has 0 saturated heterocycles. The van der Waals surface area contributed by atoms with E-state index >= 15 is 0 Å². The molecule has 4 rings (SSSR count). The zero-order valence-electron chi connectivity index (χ0n) is 18.1. The van der Waals surface area contributed by atoms with E-state index in [0.29, 0.717) is 15.8 Å². The third kappa shape index (κ3) is 8.68. The molecule has 0 saturated carbocycles. The van der Waals surface area contributed by atoms with Crippen LogP contribution in [0.5, 0.6) is 5.75 Å². The van der Waals surface area contributed by atoms with Crippen LogP contribution in [0, 0.1) is 0 Å². The number of aromatic carboxylic acids is 2. The molecule has 9 nitrogen and oxygen atoms in total. The van der Waals surface area contributed by atoms with E-state index in [-0.39, 0.29) is 17.5 Å². The first-order chi connectivity index (χ1) is 16.3. The van der Waals surface area contributed by atoms with Gasteiger partial charge in [0.2, 0.25) is 0 Å². The van der Waals surface area contributed by atoms with Crippen molar-refractivity contribution < 1.29 is 24.5 Å². The van der Waals surface area contributed by atoms with E-state index in [1.807, 2.05) is 6.92 Å². The highest BCUT2D eigenvalue weighted by atomic mass is 35.5. The number of aromatic nitrogens is 2. The average molecular weight is 505 g/mol. The molecule has 0 spiro atoms. The summed E-state index contributed by atoms with van der Waals surface area (Å²) >= 11 is 12.0. The number of nitrogens with zero attached hydrogens (tertiary/aromatic N) is 3. The smallest absolute Gasteiger partial charge is 0.354 e. The number of hydrogen-bond acceptors (Lipinski definition) is 7. The molecule has 34 heavy (non-hydrogen) atoms. The number of rotatable bonds is 5. The minimum atomic E-state index is -0.990. The van der Waals surface area contributed by atoms with Gasteiger partial charge in [0.1, 0.15) is 17.2 Å². The van der Waals surface area contributed by atoms with Crippen molar-refractivity contribution in [3.8, 4) is 5.75 Å². The molecule has 3 heterocycles. The summed E-state index contributed by atoms with van der Waals surface area (Å²) in [6.07, 6.45) is 2.73. The van der Waals surface area contributed by atoms with Gasteiger partial charge in [0, 0.05) is 18.9 Å². The summed E-state index contributed by atoms with van der Waals surface area (Å²) in [5.41, 5.74) is 0.162. The van der Waals surface area contributed by atoms with Gasteiger partial charge in [-0.25, -0.2) is 19.6 Å². The van der Waals surface area contributed by atoms with Crippen molar-refractivity contribution in [1.82, 2.24) is 15.3 Å². The van der Waals surface area contributed by atoms with Crippen LogP contribution < -0.4 is 10.1 Å². The molecule has 1 unspecified atom stereocenters. The number of para-hydroxylation sites is 1. The fourth-order valence-corrected chi connectivity index (χ4v) is 2.98. The van der Waals surface area contributed by atoms with Gasteiger partial charge in [-0.15, -0.1) is 0 Å². The number of carboxylic acids is 2. The maximum absolute atomic E-state index is 10.1. The van der Waals surface area contributed by atoms with Gasteiger partial charge < -0.3 is 20.3 Å². The van der Waals surface area contributed by atoms with E-state index in [2.05, 4.69) is 20.3 Å². The summed E-state index contributed by atoms with van der Waals surface area (Å²) in [5, 5.41) is 20.8. The van der Waals surface area contributed by atoms with Gasteiger partial charge in [-0.05, 0) is 43.3 Å². The Hall–Kier alpha value is -3.69. The SMILES string of the molecule is CC(Oc1c(Cl)cccc1Cl)C1=NCCN1.O=C(O)c1ccccn1.O=C(O)c1ccccn1. The van der Waals surface area contributed by atoms with Crippen molar-refractivity contribution in [3.63, 3.8) is 0 Å². The number of amidine groups is 1. The summed E-state index contributed by atoms with van der Waals surface area (Å²) in [5.74, 6) is -0.628. The molecule has 3 N–H and O–H groups in total. The zero-order chi connectivity index (χ0) is 24.9. The van der Waals surface area contributed by atoms with Gasteiger partial charge in [0.15, 0.2) is 11.9 Å². The molecule has 2 aromatic heterocycles. The predicted octanol–water partition coefficient (Wildman–Crippen LogP) is 4.32. The van der Waals surface area contributed by atoms with E-state index in [1.165, 1.54) is 24.5 Å². The van der Waals surface area contributed by atoms with Crippen LogP contribution in [0.1, 0.15) is 27.9 Å². The van der Waals surface area contributed by atoms with Crippen LogP contribution >= 0.6 is 23.2 Å². The van der Waals surface area contributed by atoms with Crippen molar-refractivity contribution in [1.29, 1.82) is 0 Å². The second kappa shape index (κ2) is 13.8. The van der Waals surface area contributed by atoms with E-state index in [1.54, 1.807) is 42.5 Å². The minimum absolute atomic E-state index is 0.0810. The fourth-order valence-electron chi connectivity index (χ4n) is 2.49. The van der Waals surface area contributed by atoms with Crippen LogP contribution in [0.25, 0.3) is 0 Å². The number of benzene rings is 1. The Morgan fingerprint density at radius 2 is 1.44 bits per heavy atom. The second-order valence-electron chi connectivity index (χ2n) is 6.54. The Labute approximate surface area is 206 Å². The first-order valence-electron chi connectivity index (χ1n) is 9.97. The number of ether oxygens (including phenoxy) is 1. The number of nitrogens with one attached hydrogen (secondary N) is 1. The van der Waals surface area contributed by atoms with Crippen molar-refractivity contribution in [2.45, 2.75) is 13.0 Å². The highest BCUT2D eigenvalue weighted by Gasteiger charge is 2.18. The first-order valence-corrected chi connectivity index (χ1v) is 10.7. The average Bonchev–Trinajstić information content (AvgIpc) is 3.39. The Bertz CT molecular complexity index is 1050. The highest BCUT2D eigenvalue weighted by Crippen LogP contribution is 2.33. The molecule has 1 aromatic carbocycles. The largest absolute Gasteiger partial charge is 0.480 e. The van der Waals surface area contributed by atoms with Gasteiger partial charge in [-0.1, -0.05) is 41.4 Å².